The molecule has 3 rings (SSSR count). The van der Waals surface area contributed by atoms with Crippen molar-refractivity contribution < 1.29 is 9.59 Å². The quantitative estimate of drug-likeness (QED) is 0.647. The van der Waals surface area contributed by atoms with E-state index >= 15 is 0 Å². The van der Waals surface area contributed by atoms with Crippen molar-refractivity contribution in [3.05, 3.63) is 54.1 Å². The summed E-state index contributed by atoms with van der Waals surface area (Å²) < 4.78 is 2.13. The number of anilines is 1. The monoisotopic (exact) mass is 371 g/mol. The number of thiazole rings is 1. The number of carbonyl (C=O) groups is 2. The average molecular weight is 371 g/mol. The maximum absolute atomic E-state index is 12.0. The van der Waals surface area contributed by atoms with Crippen LogP contribution in [0.2, 0.25) is 0 Å². The summed E-state index contributed by atoms with van der Waals surface area (Å²) in [5.74, 6) is 0.466. The van der Waals surface area contributed by atoms with Gasteiger partial charge in [0.2, 0.25) is 5.91 Å². The van der Waals surface area contributed by atoms with Crippen molar-refractivity contribution in [2.45, 2.75) is 10.8 Å². The highest BCUT2D eigenvalue weighted by Crippen LogP contribution is 2.29. The van der Waals surface area contributed by atoms with Gasteiger partial charge < -0.3 is 10.6 Å². The zero-order valence-electron chi connectivity index (χ0n) is 13.6. The zero-order valence-corrected chi connectivity index (χ0v) is 15.2. The highest BCUT2D eigenvalue weighted by Gasteiger charge is 2.07. The van der Waals surface area contributed by atoms with E-state index in [1.807, 2.05) is 24.3 Å². The van der Waals surface area contributed by atoms with Crippen LogP contribution in [-0.2, 0) is 4.79 Å². The van der Waals surface area contributed by atoms with E-state index in [0.717, 1.165) is 14.6 Å². The lowest BCUT2D eigenvalue weighted by atomic mass is 10.2. The Labute approximate surface area is 153 Å². The summed E-state index contributed by atoms with van der Waals surface area (Å²) >= 11 is 3.23. The standard InChI is InChI=1S/C18H17N3O2S2/c1-19-17(23)12-6-8-13(9-7-12)20-16(22)10-11-24-18-21-14-4-2-3-5-15(14)25-18/h2-9H,10-11H2,1H3,(H,19,23)(H,20,22). The second kappa shape index (κ2) is 8.13. The molecule has 0 saturated heterocycles. The van der Waals surface area contributed by atoms with Crippen LogP contribution in [0.5, 0.6) is 0 Å². The largest absolute Gasteiger partial charge is 0.355 e. The molecule has 2 aromatic carbocycles. The first-order chi connectivity index (χ1) is 12.2. The van der Waals surface area contributed by atoms with Crippen LogP contribution >= 0.6 is 23.1 Å². The van der Waals surface area contributed by atoms with Gasteiger partial charge in [-0.2, -0.15) is 0 Å². The Balaban J connectivity index is 1.48. The molecule has 1 heterocycles. The molecule has 25 heavy (non-hydrogen) atoms. The van der Waals surface area contributed by atoms with Crippen LogP contribution < -0.4 is 10.6 Å². The summed E-state index contributed by atoms with van der Waals surface area (Å²) in [5.41, 5.74) is 2.24. The van der Waals surface area contributed by atoms with Gasteiger partial charge in [0.15, 0.2) is 4.34 Å². The minimum atomic E-state index is -0.148. The van der Waals surface area contributed by atoms with Gasteiger partial charge >= 0.3 is 0 Å². The van der Waals surface area contributed by atoms with Gasteiger partial charge in [-0.25, -0.2) is 4.98 Å². The Morgan fingerprint density at radius 3 is 2.60 bits per heavy atom. The normalized spacial score (nSPS) is 10.6. The van der Waals surface area contributed by atoms with Gasteiger partial charge in [-0.15, -0.1) is 11.3 Å². The van der Waals surface area contributed by atoms with Crippen LogP contribution in [0.15, 0.2) is 52.9 Å². The van der Waals surface area contributed by atoms with E-state index in [4.69, 9.17) is 0 Å². The van der Waals surface area contributed by atoms with E-state index in [-0.39, 0.29) is 11.8 Å². The summed E-state index contributed by atoms with van der Waals surface area (Å²) in [5, 5.41) is 5.40. The van der Waals surface area contributed by atoms with Crippen molar-refractivity contribution in [3.8, 4) is 0 Å². The third-order valence-electron chi connectivity index (χ3n) is 3.49. The molecule has 0 unspecified atom stereocenters. The number of rotatable bonds is 6. The molecule has 0 spiro atoms. The van der Waals surface area contributed by atoms with E-state index in [1.54, 1.807) is 54.4 Å². The number of hydrogen-bond donors (Lipinski definition) is 2. The van der Waals surface area contributed by atoms with Crippen LogP contribution in [0.1, 0.15) is 16.8 Å². The van der Waals surface area contributed by atoms with Gasteiger partial charge in [0.05, 0.1) is 10.2 Å². The minimum absolute atomic E-state index is 0.0543. The number of hydrogen-bond acceptors (Lipinski definition) is 5. The number of fused-ring (bicyclic) bond motifs is 1. The molecule has 2 N–H and O–H groups in total. The number of nitrogens with zero attached hydrogens (tertiary/aromatic N) is 1. The third-order valence-corrected chi connectivity index (χ3v) is 5.67. The summed E-state index contributed by atoms with van der Waals surface area (Å²) in [4.78, 5) is 28.1. The molecule has 0 aliphatic rings. The fourth-order valence-corrected chi connectivity index (χ4v) is 4.29. The van der Waals surface area contributed by atoms with Crippen molar-refractivity contribution in [1.29, 1.82) is 0 Å². The van der Waals surface area contributed by atoms with Gasteiger partial charge in [0.25, 0.3) is 5.91 Å². The van der Waals surface area contributed by atoms with Crippen LogP contribution in [0.3, 0.4) is 0 Å². The molecule has 0 saturated carbocycles. The van der Waals surface area contributed by atoms with Crippen molar-refractivity contribution >= 4 is 50.8 Å². The molecule has 7 heteroatoms. The maximum Gasteiger partial charge on any atom is 0.251 e. The Morgan fingerprint density at radius 1 is 1.12 bits per heavy atom. The second-order valence-corrected chi connectivity index (χ2v) is 7.62. The molecule has 0 aliphatic heterocycles. The minimum Gasteiger partial charge on any atom is -0.355 e. The molecular formula is C18H17N3O2S2. The Hall–Kier alpha value is -2.38. The lowest BCUT2D eigenvalue weighted by Gasteiger charge is -2.06. The highest BCUT2D eigenvalue weighted by molar-refractivity contribution is 8.01. The SMILES string of the molecule is CNC(=O)c1ccc(NC(=O)CCSc2nc3ccccc3s2)cc1. The molecule has 0 bridgehead atoms. The van der Waals surface area contributed by atoms with Gasteiger partial charge in [-0.3, -0.25) is 9.59 Å². The van der Waals surface area contributed by atoms with Crippen molar-refractivity contribution in [2.24, 2.45) is 0 Å². The number of carbonyl (C=O) groups excluding carboxylic acids is 2. The van der Waals surface area contributed by atoms with Gasteiger partial charge in [0.1, 0.15) is 0 Å². The number of thioether (sulfide) groups is 1. The fraction of sp³-hybridized carbons (Fsp3) is 0.167. The predicted molar refractivity (Wildman–Crippen MR) is 103 cm³/mol. The second-order valence-electron chi connectivity index (χ2n) is 5.25. The molecule has 2 amide bonds. The van der Waals surface area contributed by atoms with Crippen molar-refractivity contribution in [1.82, 2.24) is 10.3 Å². The average Bonchev–Trinajstić information content (AvgIpc) is 3.04. The number of aromatic nitrogens is 1. The molecular weight excluding hydrogens is 354 g/mol. The lowest BCUT2D eigenvalue weighted by molar-refractivity contribution is -0.115. The van der Waals surface area contributed by atoms with E-state index in [2.05, 4.69) is 15.6 Å². The fourth-order valence-electron chi connectivity index (χ4n) is 2.22. The first-order valence-electron chi connectivity index (χ1n) is 7.76. The molecule has 0 aliphatic carbocycles. The number of amides is 2. The summed E-state index contributed by atoms with van der Waals surface area (Å²) in [6, 6.07) is 14.8. The first-order valence-corrected chi connectivity index (χ1v) is 9.56. The molecule has 0 atom stereocenters. The molecule has 5 nitrogen and oxygen atoms in total. The Kier molecular flexibility index (Phi) is 5.67. The smallest absolute Gasteiger partial charge is 0.251 e. The number of benzene rings is 2. The van der Waals surface area contributed by atoms with Gasteiger partial charge in [0, 0.05) is 30.5 Å². The van der Waals surface area contributed by atoms with E-state index < -0.39 is 0 Å². The van der Waals surface area contributed by atoms with Crippen molar-refractivity contribution in [2.75, 3.05) is 18.1 Å². The molecule has 3 aromatic rings. The van der Waals surface area contributed by atoms with Crippen LogP contribution in [0.25, 0.3) is 10.2 Å². The van der Waals surface area contributed by atoms with Crippen LogP contribution in [0.4, 0.5) is 5.69 Å². The van der Waals surface area contributed by atoms with Gasteiger partial charge in [-0.1, -0.05) is 23.9 Å². The Morgan fingerprint density at radius 2 is 1.88 bits per heavy atom. The van der Waals surface area contributed by atoms with E-state index in [0.29, 0.717) is 23.4 Å². The zero-order chi connectivity index (χ0) is 17.6. The van der Waals surface area contributed by atoms with Crippen molar-refractivity contribution in [3.63, 3.8) is 0 Å². The lowest BCUT2D eigenvalue weighted by Crippen LogP contribution is -2.18. The molecule has 1 aromatic heterocycles. The Bertz CT molecular complexity index is 858. The van der Waals surface area contributed by atoms with Crippen LogP contribution in [-0.4, -0.2) is 29.6 Å². The van der Waals surface area contributed by atoms with Crippen LogP contribution in [0, 0.1) is 0 Å². The number of para-hydroxylation sites is 1. The maximum atomic E-state index is 12.0. The molecule has 128 valence electrons. The third kappa shape index (κ3) is 4.58. The van der Waals surface area contributed by atoms with E-state index in [9.17, 15) is 9.59 Å². The van der Waals surface area contributed by atoms with Gasteiger partial charge in [-0.05, 0) is 36.4 Å². The topological polar surface area (TPSA) is 71.1 Å². The first kappa shape index (κ1) is 17.4. The summed E-state index contributed by atoms with van der Waals surface area (Å²) in [6.45, 7) is 0. The molecule has 0 radical (unpaired) electrons. The number of nitrogens with one attached hydrogen (secondary N) is 2. The van der Waals surface area contributed by atoms with E-state index in [1.165, 1.54) is 0 Å². The predicted octanol–water partition coefficient (Wildman–Crippen LogP) is 3.78. The molecule has 0 fully saturated rings. The summed E-state index contributed by atoms with van der Waals surface area (Å²) in [7, 11) is 1.58. The summed E-state index contributed by atoms with van der Waals surface area (Å²) in [6.07, 6.45) is 0.401. The highest BCUT2D eigenvalue weighted by atomic mass is 32.2.